The van der Waals surface area contributed by atoms with Crippen LogP contribution in [0.15, 0.2) is 29.2 Å². The van der Waals surface area contributed by atoms with Crippen LogP contribution in [0.1, 0.15) is 44.0 Å². The van der Waals surface area contributed by atoms with Crippen molar-refractivity contribution in [2.45, 2.75) is 56.0 Å². The number of likely N-dealkylation sites (tertiary alicyclic amines) is 1. The van der Waals surface area contributed by atoms with Crippen LogP contribution in [0.4, 0.5) is 0 Å². The summed E-state index contributed by atoms with van der Waals surface area (Å²) >= 11 is 0. The summed E-state index contributed by atoms with van der Waals surface area (Å²) < 4.78 is 35.7. The van der Waals surface area contributed by atoms with Gasteiger partial charge in [-0.05, 0) is 73.3 Å². The van der Waals surface area contributed by atoms with Crippen molar-refractivity contribution in [1.82, 2.24) is 29.4 Å². The first-order chi connectivity index (χ1) is 15.0. The smallest absolute Gasteiger partial charge is 0.243 e. The highest BCUT2D eigenvalue weighted by molar-refractivity contribution is 7.89. The van der Waals surface area contributed by atoms with Crippen LogP contribution in [-0.2, 0) is 33.3 Å². The average molecular weight is 449 g/mol. The number of tetrazole rings is 1. The zero-order valence-corrected chi connectivity index (χ0v) is 19.2. The first kappa shape index (κ1) is 22.3. The molecule has 1 aromatic carbocycles. The lowest BCUT2D eigenvalue weighted by atomic mass is 9.87. The second-order valence-electron chi connectivity index (χ2n) is 8.38. The third-order valence-electron chi connectivity index (χ3n) is 6.57. The lowest BCUT2D eigenvalue weighted by Gasteiger charge is -2.46. The summed E-state index contributed by atoms with van der Waals surface area (Å²) in [6.45, 7) is 5.82. The Labute approximate surface area is 184 Å². The van der Waals surface area contributed by atoms with Crippen molar-refractivity contribution in [1.29, 1.82) is 0 Å². The van der Waals surface area contributed by atoms with Crippen molar-refractivity contribution in [2.24, 2.45) is 0 Å². The Bertz CT molecular complexity index is 971. The Balaban J connectivity index is 1.69. The van der Waals surface area contributed by atoms with Crippen LogP contribution in [0, 0.1) is 0 Å². The molecule has 4 rings (SSSR count). The molecule has 9 nitrogen and oxygen atoms in total. The molecule has 0 N–H and O–H groups in total. The summed E-state index contributed by atoms with van der Waals surface area (Å²) in [5, 5.41) is 12.5. The molecule has 1 atom stereocenters. The molecule has 0 amide bonds. The van der Waals surface area contributed by atoms with Crippen LogP contribution < -0.4 is 0 Å². The lowest BCUT2D eigenvalue weighted by Crippen LogP contribution is -2.58. The molecule has 2 aromatic rings. The molecule has 170 valence electrons. The minimum atomic E-state index is -3.60. The van der Waals surface area contributed by atoms with Crippen molar-refractivity contribution in [3.63, 3.8) is 0 Å². The first-order valence-electron chi connectivity index (χ1n) is 11.1. The molecule has 2 fully saturated rings. The Morgan fingerprint density at radius 3 is 2.52 bits per heavy atom. The third kappa shape index (κ3) is 4.26. The monoisotopic (exact) mass is 448 g/mol. The number of aryl methyl sites for hydroxylation is 1. The number of methoxy groups -OCH3 is 1. The minimum Gasteiger partial charge on any atom is -0.383 e. The van der Waals surface area contributed by atoms with Crippen LogP contribution in [0.5, 0.6) is 0 Å². The molecule has 3 heterocycles. The number of nitrogens with zero attached hydrogens (tertiary/aromatic N) is 6. The largest absolute Gasteiger partial charge is 0.383 e. The van der Waals surface area contributed by atoms with E-state index in [1.54, 1.807) is 28.2 Å². The van der Waals surface area contributed by atoms with Gasteiger partial charge >= 0.3 is 0 Å². The molecule has 0 bridgehead atoms. The van der Waals surface area contributed by atoms with Crippen molar-refractivity contribution in [2.75, 3.05) is 39.9 Å². The molecule has 31 heavy (non-hydrogen) atoms. The highest BCUT2D eigenvalue weighted by Gasteiger charge is 2.49. The topological polar surface area (TPSA) is 93.5 Å². The number of benzene rings is 1. The Morgan fingerprint density at radius 1 is 1.10 bits per heavy atom. The van der Waals surface area contributed by atoms with E-state index in [1.165, 1.54) is 0 Å². The van der Waals surface area contributed by atoms with Gasteiger partial charge in [0.15, 0.2) is 5.82 Å². The molecule has 0 aliphatic carbocycles. The van der Waals surface area contributed by atoms with Crippen molar-refractivity contribution in [3.05, 3.63) is 35.7 Å². The molecule has 1 aromatic heterocycles. The van der Waals surface area contributed by atoms with Crippen LogP contribution in [-0.4, -0.2) is 77.7 Å². The molecular weight excluding hydrogens is 416 g/mol. The van der Waals surface area contributed by atoms with Gasteiger partial charge in [-0.2, -0.15) is 4.31 Å². The van der Waals surface area contributed by atoms with Gasteiger partial charge in [0.05, 0.1) is 23.6 Å². The fourth-order valence-corrected chi connectivity index (χ4v) is 6.37. The van der Waals surface area contributed by atoms with E-state index in [1.807, 2.05) is 12.1 Å². The quantitative estimate of drug-likeness (QED) is 0.606. The molecule has 0 saturated carbocycles. The van der Waals surface area contributed by atoms with Gasteiger partial charge in [0.2, 0.25) is 10.0 Å². The number of sulfonamides is 1. The number of rotatable bonds is 8. The van der Waals surface area contributed by atoms with Crippen LogP contribution >= 0.6 is 0 Å². The molecule has 0 spiro atoms. The first-order valence-corrected chi connectivity index (χ1v) is 12.5. The maximum atomic E-state index is 13.5. The number of hydrogen-bond donors (Lipinski definition) is 0. The van der Waals surface area contributed by atoms with E-state index < -0.39 is 15.6 Å². The standard InChI is InChI=1S/C21H32N6O3S/c1-3-18-7-9-19(10-8-18)31(28,29)26-14-6-11-21(17-26,25-12-4-5-13-25)20-22-23-24-27(20)15-16-30-2/h7-10H,3-6,11-17H2,1-2H3. The zero-order valence-electron chi connectivity index (χ0n) is 18.4. The van der Waals surface area contributed by atoms with E-state index in [2.05, 4.69) is 27.3 Å². The number of hydrogen-bond acceptors (Lipinski definition) is 7. The predicted molar refractivity (Wildman–Crippen MR) is 116 cm³/mol. The highest BCUT2D eigenvalue weighted by atomic mass is 32.2. The second kappa shape index (κ2) is 9.32. The summed E-state index contributed by atoms with van der Waals surface area (Å²) in [5.41, 5.74) is 0.601. The number of piperidine rings is 1. The Hall–Kier alpha value is -1.88. The molecule has 10 heteroatoms. The van der Waals surface area contributed by atoms with Crippen molar-refractivity contribution < 1.29 is 13.2 Å². The molecule has 2 aliphatic rings. The number of aromatic nitrogens is 4. The van der Waals surface area contributed by atoms with E-state index in [9.17, 15) is 8.42 Å². The summed E-state index contributed by atoms with van der Waals surface area (Å²) in [6, 6.07) is 7.25. The van der Waals surface area contributed by atoms with Crippen molar-refractivity contribution >= 4 is 10.0 Å². The van der Waals surface area contributed by atoms with Gasteiger partial charge in [0.25, 0.3) is 0 Å². The van der Waals surface area contributed by atoms with Gasteiger partial charge in [-0.15, -0.1) is 5.10 Å². The van der Waals surface area contributed by atoms with Gasteiger partial charge in [0, 0.05) is 20.2 Å². The molecule has 0 radical (unpaired) electrons. The van der Waals surface area contributed by atoms with E-state index in [-0.39, 0.29) is 0 Å². The molecule has 2 saturated heterocycles. The van der Waals surface area contributed by atoms with Crippen LogP contribution in [0.2, 0.25) is 0 Å². The third-order valence-corrected chi connectivity index (χ3v) is 8.43. The Morgan fingerprint density at radius 2 is 1.84 bits per heavy atom. The van der Waals surface area contributed by atoms with E-state index >= 15 is 0 Å². The summed E-state index contributed by atoms with van der Waals surface area (Å²) in [5.74, 6) is 0.743. The van der Waals surface area contributed by atoms with Gasteiger partial charge < -0.3 is 4.74 Å². The van der Waals surface area contributed by atoms with Gasteiger partial charge in [-0.3, -0.25) is 4.90 Å². The molecule has 1 unspecified atom stereocenters. The SMILES string of the molecule is CCc1ccc(S(=O)(=O)N2CCCC(c3nnnn3CCOC)(N3CCCC3)C2)cc1. The molecule has 2 aliphatic heterocycles. The number of ether oxygens (including phenoxy) is 1. The fourth-order valence-electron chi connectivity index (χ4n) is 4.84. The van der Waals surface area contributed by atoms with E-state index in [4.69, 9.17) is 4.74 Å². The summed E-state index contributed by atoms with van der Waals surface area (Å²) in [7, 11) is -1.95. The summed E-state index contributed by atoms with van der Waals surface area (Å²) in [6.07, 6.45) is 4.69. The Kier molecular flexibility index (Phi) is 6.71. The minimum absolute atomic E-state index is 0.348. The predicted octanol–water partition coefficient (Wildman–Crippen LogP) is 1.66. The van der Waals surface area contributed by atoms with E-state index in [0.29, 0.717) is 31.1 Å². The van der Waals surface area contributed by atoms with E-state index in [0.717, 1.165) is 56.6 Å². The normalized spacial score (nSPS) is 23.4. The molecular formula is C21H32N6O3S. The zero-order chi connectivity index (χ0) is 21.9. The lowest BCUT2D eigenvalue weighted by molar-refractivity contribution is 0.0397. The van der Waals surface area contributed by atoms with Gasteiger partial charge in [-0.25, -0.2) is 13.1 Å². The van der Waals surface area contributed by atoms with Crippen molar-refractivity contribution in [3.8, 4) is 0 Å². The maximum absolute atomic E-state index is 13.5. The van der Waals surface area contributed by atoms with Gasteiger partial charge in [0.1, 0.15) is 0 Å². The van der Waals surface area contributed by atoms with Gasteiger partial charge in [-0.1, -0.05) is 19.1 Å². The van der Waals surface area contributed by atoms with Crippen LogP contribution in [0.25, 0.3) is 0 Å². The second-order valence-corrected chi connectivity index (χ2v) is 10.3. The highest BCUT2D eigenvalue weighted by Crippen LogP contribution is 2.40. The summed E-state index contributed by atoms with van der Waals surface area (Å²) in [4.78, 5) is 2.74. The maximum Gasteiger partial charge on any atom is 0.243 e. The van der Waals surface area contributed by atoms with Crippen LogP contribution in [0.3, 0.4) is 0 Å². The average Bonchev–Trinajstić information content (AvgIpc) is 3.50. The fraction of sp³-hybridized carbons (Fsp3) is 0.667.